The van der Waals surface area contributed by atoms with Gasteiger partial charge in [-0.2, -0.15) is 0 Å². The Bertz CT molecular complexity index is 1370. The first-order chi connectivity index (χ1) is 23.2. The van der Waals surface area contributed by atoms with E-state index in [0.29, 0.717) is 66.3 Å². The van der Waals surface area contributed by atoms with Crippen molar-refractivity contribution in [2.24, 2.45) is 5.92 Å². The molecule has 3 rings (SSSR count). The van der Waals surface area contributed by atoms with Crippen LogP contribution in [0, 0.1) is 5.92 Å². The van der Waals surface area contributed by atoms with Crippen molar-refractivity contribution < 1.29 is 31.9 Å². The van der Waals surface area contributed by atoms with Gasteiger partial charge in [-0.15, -0.1) is 19.7 Å². The number of rotatable bonds is 22. The average Bonchev–Trinajstić information content (AvgIpc) is 3.07. The third-order valence-electron chi connectivity index (χ3n) is 7.63. The van der Waals surface area contributed by atoms with Crippen LogP contribution in [0.1, 0.15) is 56.7 Å². The van der Waals surface area contributed by atoms with Gasteiger partial charge in [0.1, 0.15) is 0 Å². The fraction of sp³-hybridized carbons (Fsp3) is 0.350. The van der Waals surface area contributed by atoms with Crippen LogP contribution in [0.5, 0.6) is 34.5 Å². The summed E-state index contributed by atoms with van der Waals surface area (Å²) < 4.78 is 44.4. The first-order valence-corrected chi connectivity index (χ1v) is 18.0. The Kier molecular flexibility index (Phi) is 15.4. The number of allylic oxidation sites excluding steroid dienone is 5. The molecule has 7 nitrogen and oxygen atoms in total. The van der Waals surface area contributed by atoms with Crippen molar-refractivity contribution in [3.63, 3.8) is 0 Å². The molecule has 0 amide bonds. The number of hydrogen-bond donors (Lipinski definition) is 0. The summed E-state index contributed by atoms with van der Waals surface area (Å²) in [4.78, 5) is 0. The predicted molar refractivity (Wildman–Crippen MR) is 197 cm³/mol. The van der Waals surface area contributed by atoms with Crippen LogP contribution >= 0.6 is 0 Å². The Balaban J connectivity index is 2.15. The number of methoxy groups -OCH3 is 3. The van der Waals surface area contributed by atoms with Crippen molar-refractivity contribution in [2.45, 2.75) is 59.3 Å². The Morgan fingerprint density at radius 3 is 1.35 bits per heavy atom. The van der Waals surface area contributed by atoms with Gasteiger partial charge in [0.2, 0.25) is 0 Å². The summed E-state index contributed by atoms with van der Waals surface area (Å²) in [6.45, 7) is 18.4. The Morgan fingerprint density at radius 1 is 0.625 bits per heavy atom. The molecule has 0 saturated carbocycles. The minimum atomic E-state index is -4.20. The Labute approximate surface area is 288 Å². The summed E-state index contributed by atoms with van der Waals surface area (Å²) in [5, 5.41) is 0. The molecular formula is C40H52O7Si. The van der Waals surface area contributed by atoms with Crippen LogP contribution in [-0.2, 0) is 23.7 Å². The van der Waals surface area contributed by atoms with Crippen LogP contribution in [0.2, 0.25) is 0 Å². The largest absolute Gasteiger partial charge is 0.893 e. The topological polar surface area (TPSA) is 64.6 Å². The first-order valence-electron chi connectivity index (χ1n) is 16.4. The molecule has 0 aromatic heterocycles. The maximum absolute atomic E-state index is 6.78. The molecule has 0 N–H and O–H groups in total. The van der Waals surface area contributed by atoms with E-state index in [2.05, 4.69) is 46.6 Å². The molecule has 3 aromatic rings. The summed E-state index contributed by atoms with van der Waals surface area (Å²) in [6, 6.07) is 17.1. The minimum Gasteiger partial charge on any atom is -0.493 e. The van der Waals surface area contributed by atoms with Gasteiger partial charge in [-0.05, 0) is 111 Å². The van der Waals surface area contributed by atoms with Crippen LogP contribution in [-0.4, -0.2) is 37.0 Å². The Morgan fingerprint density at radius 2 is 1.02 bits per heavy atom. The fourth-order valence-electron chi connectivity index (χ4n) is 5.01. The van der Waals surface area contributed by atoms with E-state index >= 15 is 0 Å². The smallest absolute Gasteiger partial charge is 0.493 e. The van der Waals surface area contributed by atoms with E-state index in [1.54, 1.807) is 21.3 Å². The van der Waals surface area contributed by atoms with Gasteiger partial charge in [-0.1, -0.05) is 55.0 Å². The minimum absolute atomic E-state index is 0.326. The van der Waals surface area contributed by atoms with Crippen LogP contribution < -0.4 is 27.5 Å². The second kappa shape index (κ2) is 19.4. The molecule has 0 spiro atoms. The zero-order valence-corrected chi connectivity index (χ0v) is 30.5. The average molecular weight is 673 g/mol. The SMILES string of the molecule is C=CCc1ccc(O[Si](OCCC(C)CCC=C(C)C)(Oc2ccc(CC=C)cc2OC)Oc2ccc(CC=C)cc2OC)c(OC)c1. The molecule has 0 aliphatic heterocycles. The quantitative estimate of drug-likeness (QED) is 0.0778. The zero-order valence-electron chi connectivity index (χ0n) is 29.5. The number of ether oxygens (including phenoxy) is 3. The molecule has 0 aliphatic rings. The second-order valence-electron chi connectivity index (χ2n) is 11.8. The number of hydrogen-bond acceptors (Lipinski definition) is 7. The highest BCUT2D eigenvalue weighted by molar-refractivity contribution is 6.56. The van der Waals surface area contributed by atoms with Gasteiger partial charge < -0.3 is 31.9 Å². The summed E-state index contributed by atoms with van der Waals surface area (Å²) in [5.41, 5.74) is 4.38. The van der Waals surface area contributed by atoms with E-state index in [-0.39, 0.29) is 0 Å². The van der Waals surface area contributed by atoms with Gasteiger partial charge in [-0.25, -0.2) is 0 Å². The lowest BCUT2D eigenvalue weighted by molar-refractivity contribution is 0.0815. The van der Waals surface area contributed by atoms with Gasteiger partial charge in [0.15, 0.2) is 34.5 Å². The summed E-state index contributed by atoms with van der Waals surface area (Å²) in [7, 11) is 0.602. The van der Waals surface area contributed by atoms with Crippen LogP contribution in [0.25, 0.3) is 0 Å². The molecule has 1 unspecified atom stereocenters. The first kappa shape index (κ1) is 38.0. The van der Waals surface area contributed by atoms with Crippen molar-refractivity contribution in [2.75, 3.05) is 27.9 Å². The van der Waals surface area contributed by atoms with Crippen molar-refractivity contribution in [1.29, 1.82) is 0 Å². The zero-order chi connectivity index (χ0) is 34.9. The lowest BCUT2D eigenvalue weighted by Gasteiger charge is -2.30. The van der Waals surface area contributed by atoms with Gasteiger partial charge >= 0.3 is 9.05 Å². The lowest BCUT2D eigenvalue weighted by atomic mass is 10.0. The van der Waals surface area contributed by atoms with Gasteiger partial charge in [0.25, 0.3) is 0 Å². The predicted octanol–water partition coefficient (Wildman–Crippen LogP) is 9.66. The molecular weight excluding hydrogens is 621 g/mol. The van der Waals surface area contributed by atoms with Crippen molar-refractivity contribution in [1.82, 2.24) is 0 Å². The van der Waals surface area contributed by atoms with Gasteiger partial charge in [0.05, 0.1) is 21.3 Å². The van der Waals surface area contributed by atoms with E-state index in [9.17, 15) is 0 Å². The molecule has 48 heavy (non-hydrogen) atoms. The molecule has 0 heterocycles. The standard InChI is InChI=1S/C40H52O7Si/c1-10-14-32-19-22-35(38(27-32)41-7)45-48(44-26-25-31(6)18-13-17-30(4)5,46-36-23-20-33(15-11-2)28-39(36)42-8)47-37-24-21-34(16-12-3)29-40(37)43-9/h10-12,17,19-24,27-29,31H,1-3,13-16,18,25-26H2,4-9H3. The molecule has 0 radical (unpaired) electrons. The third-order valence-corrected chi connectivity index (χ3v) is 9.60. The highest BCUT2D eigenvalue weighted by atomic mass is 28.4. The summed E-state index contributed by atoms with van der Waals surface area (Å²) in [5.74, 6) is 3.17. The Hall–Kier alpha value is -4.40. The fourth-order valence-corrected chi connectivity index (χ4v) is 6.99. The van der Waals surface area contributed by atoms with Gasteiger partial charge in [0, 0.05) is 6.61 Å². The van der Waals surface area contributed by atoms with Crippen LogP contribution in [0.4, 0.5) is 0 Å². The van der Waals surface area contributed by atoms with Crippen LogP contribution in [0.15, 0.2) is 104 Å². The van der Waals surface area contributed by atoms with Crippen LogP contribution in [0.3, 0.4) is 0 Å². The van der Waals surface area contributed by atoms with Crippen molar-refractivity contribution >= 4 is 9.05 Å². The van der Waals surface area contributed by atoms with Crippen molar-refractivity contribution in [3.05, 3.63) is 121 Å². The van der Waals surface area contributed by atoms with Crippen molar-refractivity contribution in [3.8, 4) is 34.5 Å². The van der Waals surface area contributed by atoms with E-state index in [0.717, 1.165) is 36.0 Å². The molecule has 3 aromatic carbocycles. The molecule has 258 valence electrons. The molecule has 0 aliphatic carbocycles. The third kappa shape index (κ3) is 11.4. The number of benzene rings is 3. The van der Waals surface area contributed by atoms with E-state index < -0.39 is 9.05 Å². The highest BCUT2D eigenvalue weighted by Gasteiger charge is 2.56. The molecule has 0 fully saturated rings. The maximum atomic E-state index is 6.78. The van der Waals surface area contributed by atoms with E-state index in [1.807, 2.05) is 72.8 Å². The van der Waals surface area contributed by atoms with E-state index in [4.69, 9.17) is 31.9 Å². The molecule has 1 atom stereocenters. The lowest BCUT2D eigenvalue weighted by Crippen LogP contribution is -2.58. The summed E-state index contributed by atoms with van der Waals surface area (Å²) >= 11 is 0. The monoisotopic (exact) mass is 672 g/mol. The second-order valence-corrected chi connectivity index (χ2v) is 13.7. The molecule has 8 heteroatoms. The molecule has 0 saturated heterocycles. The normalized spacial score (nSPS) is 11.5. The maximum Gasteiger partial charge on any atom is 0.893 e. The molecule has 0 bridgehead atoms. The van der Waals surface area contributed by atoms with E-state index in [1.165, 1.54) is 5.57 Å². The summed E-state index contributed by atoms with van der Waals surface area (Å²) in [6.07, 6.45) is 12.6. The highest BCUT2D eigenvalue weighted by Crippen LogP contribution is 2.38. The van der Waals surface area contributed by atoms with Gasteiger partial charge in [-0.3, -0.25) is 0 Å².